The van der Waals surface area contributed by atoms with Gasteiger partial charge < -0.3 is 10.2 Å². The number of amides is 2. The standard InChI is InChI=1S/C17H20N2O2/c1-13-9-15-5-3-4-6-16(15)10-14(13)7-8-18-17(21)11-19(2)12-20/h3-6,9-10,12H,7-8,11H2,1-2H3,(H,18,21). The van der Waals surface area contributed by atoms with Crippen molar-refractivity contribution in [2.24, 2.45) is 0 Å². The zero-order valence-electron chi connectivity index (χ0n) is 12.4. The average molecular weight is 284 g/mol. The van der Waals surface area contributed by atoms with Crippen LogP contribution in [0.15, 0.2) is 36.4 Å². The SMILES string of the molecule is Cc1cc2ccccc2cc1CCNC(=O)CN(C)C=O. The molecule has 0 aliphatic rings. The number of benzene rings is 2. The second-order valence-corrected chi connectivity index (χ2v) is 5.25. The number of aryl methyl sites for hydroxylation is 1. The number of nitrogens with one attached hydrogen (secondary N) is 1. The van der Waals surface area contributed by atoms with Gasteiger partial charge in [-0.2, -0.15) is 0 Å². The summed E-state index contributed by atoms with van der Waals surface area (Å²) < 4.78 is 0. The van der Waals surface area contributed by atoms with E-state index in [4.69, 9.17) is 0 Å². The second kappa shape index (κ2) is 6.88. The van der Waals surface area contributed by atoms with E-state index in [9.17, 15) is 9.59 Å². The zero-order chi connectivity index (χ0) is 15.2. The van der Waals surface area contributed by atoms with Crippen LogP contribution in [0.4, 0.5) is 0 Å². The Morgan fingerprint density at radius 2 is 1.90 bits per heavy atom. The van der Waals surface area contributed by atoms with Crippen molar-refractivity contribution in [3.05, 3.63) is 47.5 Å². The number of nitrogens with zero attached hydrogens (tertiary/aromatic N) is 1. The molecule has 0 saturated heterocycles. The fourth-order valence-corrected chi connectivity index (χ4v) is 2.33. The maximum Gasteiger partial charge on any atom is 0.239 e. The van der Waals surface area contributed by atoms with Gasteiger partial charge in [0.25, 0.3) is 0 Å². The molecule has 2 amide bonds. The minimum Gasteiger partial charge on any atom is -0.354 e. The molecular weight excluding hydrogens is 264 g/mol. The van der Waals surface area contributed by atoms with E-state index in [-0.39, 0.29) is 12.5 Å². The molecule has 0 bridgehead atoms. The average Bonchev–Trinajstić information content (AvgIpc) is 2.47. The second-order valence-electron chi connectivity index (χ2n) is 5.25. The Morgan fingerprint density at radius 1 is 1.24 bits per heavy atom. The Bertz CT molecular complexity index is 652. The van der Waals surface area contributed by atoms with E-state index in [1.54, 1.807) is 7.05 Å². The molecule has 0 aliphatic carbocycles. The fraction of sp³-hybridized carbons (Fsp3) is 0.294. The molecule has 4 nitrogen and oxygen atoms in total. The summed E-state index contributed by atoms with van der Waals surface area (Å²) in [4.78, 5) is 23.4. The van der Waals surface area contributed by atoms with Crippen LogP contribution < -0.4 is 5.32 Å². The Labute approximate surface area is 124 Å². The molecule has 0 heterocycles. The molecule has 1 N–H and O–H groups in total. The van der Waals surface area contributed by atoms with Gasteiger partial charge in [-0.05, 0) is 35.2 Å². The normalized spacial score (nSPS) is 10.4. The van der Waals surface area contributed by atoms with Gasteiger partial charge in [0.2, 0.25) is 12.3 Å². The maximum absolute atomic E-state index is 11.6. The van der Waals surface area contributed by atoms with Crippen molar-refractivity contribution in [2.45, 2.75) is 13.3 Å². The van der Waals surface area contributed by atoms with Crippen LogP contribution in [0.2, 0.25) is 0 Å². The summed E-state index contributed by atoms with van der Waals surface area (Å²) in [6.45, 7) is 2.76. The molecule has 2 aromatic carbocycles. The van der Waals surface area contributed by atoms with Crippen molar-refractivity contribution < 1.29 is 9.59 Å². The van der Waals surface area contributed by atoms with E-state index >= 15 is 0 Å². The van der Waals surface area contributed by atoms with Crippen LogP contribution in [-0.2, 0) is 16.0 Å². The third-order valence-electron chi connectivity index (χ3n) is 3.49. The van der Waals surface area contributed by atoms with Gasteiger partial charge in [-0.3, -0.25) is 9.59 Å². The summed E-state index contributed by atoms with van der Waals surface area (Å²) in [5.74, 6) is -0.136. The number of rotatable bonds is 6. The minimum absolute atomic E-state index is 0.0974. The molecule has 21 heavy (non-hydrogen) atoms. The highest BCUT2D eigenvalue weighted by Crippen LogP contribution is 2.19. The summed E-state index contributed by atoms with van der Waals surface area (Å²) in [6.07, 6.45) is 1.43. The van der Waals surface area contributed by atoms with Gasteiger partial charge >= 0.3 is 0 Å². The topological polar surface area (TPSA) is 49.4 Å². The van der Waals surface area contributed by atoms with Crippen molar-refractivity contribution in [3.8, 4) is 0 Å². The molecule has 0 atom stereocenters. The number of carbonyl (C=O) groups excluding carboxylic acids is 2. The predicted molar refractivity (Wildman–Crippen MR) is 84.1 cm³/mol. The first kappa shape index (κ1) is 15.0. The van der Waals surface area contributed by atoms with Crippen LogP contribution in [0.3, 0.4) is 0 Å². The molecule has 2 rings (SSSR count). The highest BCUT2D eigenvalue weighted by Gasteiger charge is 2.05. The predicted octanol–water partition coefficient (Wildman–Crippen LogP) is 1.90. The molecule has 110 valence electrons. The molecule has 0 fully saturated rings. The summed E-state index contributed by atoms with van der Waals surface area (Å²) in [6, 6.07) is 12.6. The van der Waals surface area contributed by atoms with E-state index in [1.165, 1.54) is 26.8 Å². The highest BCUT2D eigenvalue weighted by atomic mass is 16.2. The zero-order valence-corrected chi connectivity index (χ0v) is 12.4. The Hall–Kier alpha value is -2.36. The molecule has 0 spiro atoms. The number of hydrogen-bond donors (Lipinski definition) is 1. The van der Waals surface area contributed by atoms with Crippen LogP contribution in [0, 0.1) is 6.92 Å². The van der Waals surface area contributed by atoms with Crippen molar-refractivity contribution in [3.63, 3.8) is 0 Å². The quantitative estimate of drug-likeness (QED) is 0.824. The molecule has 0 saturated carbocycles. The molecule has 4 heteroatoms. The molecule has 0 aromatic heterocycles. The lowest BCUT2D eigenvalue weighted by Crippen LogP contribution is -2.35. The highest BCUT2D eigenvalue weighted by molar-refractivity contribution is 5.84. The summed E-state index contributed by atoms with van der Waals surface area (Å²) >= 11 is 0. The molecule has 0 aliphatic heterocycles. The third kappa shape index (κ3) is 4.05. The van der Waals surface area contributed by atoms with Gasteiger partial charge in [-0.1, -0.05) is 36.4 Å². The monoisotopic (exact) mass is 284 g/mol. The first-order chi connectivity index (χ1) is 10.1. The summed E-state index contributed by atoms with van der Waals surface area (Å²) in [7, 11) is 1.58. The van der Waals surface area contributed by atoms with E-state index in [0.717, 1.165) is 6.42 Å². The number of fused-ring (bicyclic) bond motifs is 1. The fourth-order valence-electron chi connectivity index (χ4n) is 2.33. The van der Waals surface area contributed by atoms with Crippen LogP contribution in [0.25, 0.3) is 10.8 Å². The van der Waals surface area contributed by atoms with Gasteiger partial charge in [-0.25, -0.2) is 0 Å². The molecular formula is C17H20N2O2. The van der Waals surface area contributed by atoms with Crippen molar-refractivity contribution in [1.82, 2.24) is 10.2 Å². The molecule has 0 unspecified atom stereocenters. The molecule has 0 radical (unpaired) electrons. The van der Waals surface area contributed by atoms with Crippen molar-refractivity contribution in [2.75, 3.05) is 20.1 Å². The largest absolute Gasteiger partial charge is 0.354 e. The van der Waals surface area contributed by atoms with E-state index < -0.39 is 0 Å². The number of carbonyl (C=O) groups is 2. The number of hydrogen-bond acceptors (Lipinski definition) is 2. The van der Waals surface area contributed by atoms with Crippen LogP contribution in [-0.4, -0.2) is 37.4 Å². The van der Waals surface area contributed by atoms with Crippen molar-refractivity contribution >= 4 is 23.1 Å². The smallest absolute Gasteiger partial charge is 0.239 e. The first-order valence-corrected chi connectivity index (χ1v) is 7.00. The van der Waals surface area contributed by atoms with E-state index in [2.05, 4.69) is 36.5 Å². The molecule has 2 aromatic rings. The maximum atomic E-state index is 11.6. The minimum atomic E-state index is -0.136. The van der Waals surface area contributed by atoms with Crippen molar-refractivity contribution in [1.29, 1.82) is 0 Å². The van der Waals surface area contributed by atoms with Crippen LogP contribution in [0.5, 0.6) is 0 Å². The lowest BCUT2D eigenvalue weighted by Gasteiger charge is -2.12. The van der Waals surface area contributed by atoms with E-state index in [0.29, 0.717) is 13.0 Å². The van der Waals surface area contributed by atoms with Gasteiger partial charge in [0.05, 0.1) is 6.54 Å². The van der Waals surface area contributed by atoms with Crippen LogP contribution in [0.1, 0.15) is 11.1 Å². The Balaban J connectivity index is 1.95. The third-order valence-corrected chi connectivity index (χ3v) is 3.49. The Kier molecular flexibility index (Phi) is 4.93. The van der Waals surface area contributed by atoms with Crippen LogP contribution >= 0.6 is 0 Å². The lowest BCUT2D eigenvalue weighted by molar-refractivity contribution is -0.127. The summed E-state index contributed by atoms with van der Waals surface area (Å²) in [5.41, 5.74) is 2.46. The lowest BCUT2D eigenvalue weighted by atomic mass is 10.00. The number of likely N-dealkylation sites (N-methyl/N-ethyl adjacent to an activating group) is 1. The van der Waals surface area contributed by atoms with E-state index in [1.807, 2.05) is 12.1 Å². The van der Waals surface area contributed by atoms with Gasteiger partial charge in [0.15, 0.2) is 0 Å². The first-order valence-electron chi connectivity index (χ1n) is 7.00. The Morgan fingerprint density at radius 3 is 2.57 bits per heavy atom. The van der Waals surface area contributed by atoms with Gasteiger partial charge in [0.1, 0.15) is 0 Å². The summed E-state index contributed by atoms with van der Waals surface area (Å²) in [5, 5.41) is 5.28. The van der Waals surface area contributed by atoms with Gasteiger partial charge in [-0.15, -0.1) is 0 Å². The van der Waals surface area contributed by atoms with Gasteiger partial charge in [0, 0.05) is 13.6 Å².